The lowest BCUT2D eigenvalue weighted by Gasteiger charge is -2.17. The third-order valence-electron chi connectivity index (χ3n) is 5.25. The topological polar surface area (TPSA) is 40.8 Å². The highest BCUT2D eigenvalue weighted by atomic mass is 28.3. The minimum Gasteiger partial charge on any atom is -0.454 e. The van der Waals surface area contributed by atoms with Crippen molar-refractivity contribution in [2.24, 2.45) is 7.05 Å². The summed E-state index contributed by atoms with van der Waals surface area (Å²) >= 11 is 0. The predicted octanol–water partition coefficient (Wildman–Crippen LogP) is 4.80. The van der Waals surface area contributed by atoms with Gasteiger partial charge in [-0.05, 0) is 23.7 Å². The first kappa shape index (κ1) is 17.5. The molecule has 0 atom stereocenters. The van der Waals surface area contributed by atoms with Crippen LogP contribution in [0.2, 0.25) is 19.6 Å². The van der Waals surface area contributed by atoms with Gasteiger partial charge in [0.25, 0.3) is 0 Å². The number of hydrogen-bond donors (Lipinski definition) is 0. The number of furan rings is 1. The monoisotopic (exact) mass is 371 g/mol. The molecule has 0 radical (unpaired) electrons. The van der Waals surface area contributed by atoms with Gasteiger partial charge in [0.2, 0.25) is 5.69 Å². The molecule has 0 amide bonds. The van der Waals surface area contributed by atoms with Crippen molar-refractivity contribution in [1.29, 1.82) is 5.26 Å². The van der Waals surface area contributed by atoms with Gasteiger partial charge in [-0.25, -0.2) is 4.57 Å². The van der Waals surface area contributed by atoms with Gasteiger partial charge in [0.05, 0.1) is 19.2 Å². The molecular weight excluding hydrogens is 348 g/mol. The average Bonchev–Trinajstić information content (AvgIpc) is 2.99. The summed E-state index contributed by atoms with van der Waals surface area (Å²) < 4.78 is 8.52. The Hall–Kier alpha value is -2.90. The van der Waals surface area contributed by atoms with E-state index in [1.807, 2.05) is 25.4 Å². The highest BCUT2D eigenvalue weighted by Gasteiger charge is 2.26. The van der Waals surface area contributed by atoms with Crippen LogP contribution in [0.15, 0.2) is 53.1 Å². The molecule has 4 heteroatoms. The predicted molar refractivity (Wildman–Crippen MR) is 113 cm³/mol. The van der Waals surface area contributed by atoms with E-state index in [1.54, 1.807) is 0 Å². The van der Waals surface area contributed by atoms with Crippen LogP contribution in [0.25, 0.3) is 33.2 Å². The van der Waals surface area contributed by atoms with Crippen LogP contribution in [-0.4, -0.2) is 8.07 Å². The molecule has 27 heavy (non-hydrogen) atoms. The van der Waals surface area contributed by atoms with Crippen molar-refractivity contribution in [3.63, 3.8) is 0 Å². The van der Waals surface area contributed by atoms with Crippen molar-refractivity contribution >= 4 is 35.2 Å². The van der Waals surface area contributed by atoms with E-state index in [0.29, 0.717) is 5.56 Å². The van der Waals surface area contributed by atoms with Gasteiger partial charge in [-0.3, -0.25) is 0 Å². The Kier molecular flexibility index (Phi) is 3.94. The van der Waals surface area contributed by atoms with E-state index in [0.717, 1.165) is 43.9 Å². The third kappa shape index (κ3) is 2.67. The fraction of sp³-hybridized carbons (Fsp3) is 0.217. The number of nitriles is 1. The number of hydrogen-bond acceptors (Lipinski definition) is 2. The zero-order valence-electron chi connectivity index (χ0n) is 16.4. The van der Waals surface area contributed by atoms with Gasteiger partial charge in [0, 0.05) is 22.9 Å². The molecule has 0 bridgehead atoms. The van der Waals surface area contributed by atoms with Crippen LogP contribution in [0, 0.1) is 18.3 Å². The third-order valence-corrected chi connectivity index (χ3v) is 7.28. The molecule has 0 aliphatic heterocycles. The average molecular weight is 372 g/mol. The van der Waals surface area contributed by atoms with Crippen molar-refractivity contribution in [2.75, 3.05) is 0 Å². The number of aromatic nitrogens is 1. The van der Waals surface area contributed by atoms with E-state index >= 15 is 0 Å². The summed E-state index contributed by atoms with van der Waals surface area (Å²) in [5.74, 6) is 0. The summed E-state index contributed by atoms with van der Waals surface area (Å²) in [6.45, 7) is 8.89. The second-order valence-corrected chi connectivity index (χ2v) is 13.2. The van der Waals surface area contributed by atoms with E-state index in [2.05, 4.69) is 67.5 Å². The minimum atomic E-state index is -1.65. The Morgan fingerprint density at radius 1 is 0.963 bits per heavy atom. The van der Waals surface area contributed by atoms with Crippen LogP contribution in [0.1, 0.15) is 11.1 Å². The molecule has 2 aromatic heterocycles. The molecule has 2 heterocycles. The SMILES string of the molecule is Cc1ccc2c(oc3c(C#N)c([Si](C)(C)C)ccc32)c1-c1cccc[n+]1C. The number of rotatable bonds is 2. The van der Waals surface area contributed by atoms with Gasteiger partial charge in [-0.1, -0.05) is 43.9 Å². The first-order valence-corrected chi connectivity index (χ1v) is 12.7. The summed E-state index contributed by atoms with van der Waals surface area (Å²) in [6.07, 6.45) is 2.04. The lowest BCUT2D eigenvalue weighted by Crippen LogP contribution is -2.39. The number of benzene rings is 2. The lowest BCUT2D eigenvalue weighted by molar-refractivity contribution is -0.660. The fourth-order valence-corrected chi connectivity index (χ4v) is 5.34. The second-order valence-electron chi connectivity index (χ2n) is 8.16. The summed E-state index contributed by atoms with van der Waals surface area (Å²) in [7, 11) is 0.393. The number of aryl methyl sites for hydroxylation is 2. The van der Waals surface area contributed by atoms with Gasteiger partial charge < -0.3 is 4.42 Å². The largest absolute Gasteiger partial charge is 0.454 e. The molecule has 0 unspecified atom stereocenters. The summed E-state index contributed by atoms with van der Waals surface area (Å²) in [4.78, 5) is 0. The maximum atomic E-state index is 9.90. The van der Waals surface area contributed by atoms with Crippen LogP contribution in [-0.2, 0) is 7.05 Å². The molecule has 2 aromatic carbocycles. The maximum absolute atomic E-state index is 9.90. The number of pyridine rings is 1. The standard InChI is InChI=1S/C23H23N2OSi/c1-15-9-10-17-16-11-12-20(27(3,4)5)18(14-24)22(16)26-23(17)21(15)19-8-6-7-13-25(19)2/h6-13H,1-5H3/q+1. The Morgan fingerprint density at radius 3 is 2.33 bits per heavy atom. The Labute approximate surface area is 160 Å². The number of nitrogens with zero attached hydrogens (tertiary/aromatic N) is 2. The van der Waals surface area contributed by atoms with Gasteiger partial charge in [-0.2, -0.15) is 5.26 Å². The van der Waals surface area contributed by atoms with E-state index < -0.39 is 8.07 Å². The van der Waals surface area contributed by atoms with Gasteiger partial charge in [0.1, 0.15) is 18.7 Å². The molecule has 3 nitrogen and oxygen atoms in total. The Balaban J connectivity index is 2.16. The molecule has 0 aliphatic carbocycles. The number of fused-ring (bicyclic) bond motifs is 3. The smallest absolute Gasteiger partial charge is 0.216 e. The lowest BCUT2D eigenvalue weighted by atomic mass is 10.0. The molecule has 0 aliphatic rings. The van der Waals surface area contributed by atoms with Crippen LogP contribution in [0.5, 0.6) is 0 Å². The summed E-state index contributed by atoms with van der Waals surface area (Å²) in [5, 5.41) is 13.1. The van der Waals surface area contributed by atoms with Crippen molar-refractivity contribution < 1.29 is 8.98 Å². The van der Waals surface area contributed by atoms with Crippen LogP contribution in [0.3, 0.4) is 0 Å². The van der Waals surface area contributed by atoms with Crippen LogP contribution in [0.4, 0.5) is 0 Å². The van der Waals surface area contributed by atoms with E-state index in [4.69, 9.17) is 4.42 Å². The summed E-state index contributed by atoms with van der Waals surface area (Å²) in [6, 6.07) is 17.1. The normalized spacial score (nSPS) is 11.9. The first-order chi connectivity index (χ1) is 12.8. The van der Waals surface area contributed by atoms with Crippen molar-refractivity contribution in [2.45, 2.75) is 26.6 Å². The van der Waals surface area contributed by atoms with E-state index in [-0.39, 0.29) is 0 Å². The van der Waals surface area contributed by atoms with Crippen molar-refractivity contribution in [3.05, 3.63) is 59.8 Å². The van der Waals surface area contributed by atoms with E-state index in [1.165, 1.54) is 0 Å². The quantitative estimate of drug-likeness (QED) is 0.375. The van der Waals surface area contributed by atoms with Crippen molar-refractivity contribution in [1.82, 2.24) is 0 Å². The molecular formula is C23H23N2OSi+. The molecule has 4 aromatic rings. The fourth-order valence-electron chi connectivity index (χ4n) is 3.84. The summed E-state index contributed by atoms with van der Waals surface area (Å²) in [5.41, 5.74) is 5.62. The Morgan fingerprint density at radius 2 is 1.67 bits per heavy atom. The zero-order chi connectivity index (χ0) is 19.3. The molecule has 134 valence electrons. The Bertz CT molecular complexity index is 1240. The molecule has 0 fully saturated rings. The highest BCUT2D eigenvalue weighted by Crippen LogP contribution is 2.37. The van der Waals surface area contributed by atoms with Crippen LogP contribution < -0.4 is 9.75 Å². The zero-order valence-corrected chi connectivity index (χ0v) is 17.4. The van der Waals surface area contributed by atoms with Gasteiger partial charge in [0.15, 0.2) is 11.8 Å². The molecule has 4 rings (SSSR count). The second kappa shape index (κ2) is 6.07. The van der Waals surface area contributed by atoms with Crippen LogP contribution >= 0.6 is 0 Å². The molecule has 0 saturated heterocycles. The van der Waals surface area contributed by atoms with E-state index in [9.17, 15) is 5.26 Å². The maximum Gasteiger partial charge on any atom is 0.216 e. The van der Waals surface area contributed by atoms with Crippen molar-refractivity contribution in [3.8, 4) is 17.3 Å². The van der Waals surface area contributed by atoms with Gasteiger partial charge in [-0.15, -0.1) is 0 Å². The highest BCUT2D eigenvalue weighted by molar-refractivity contribution is 6.89. The molecule has 0 N–H and O–H groups in total. The first-order valence-electron chi connectivity index (χ1n) is 9.17. The molecule has 0 spiro atoms. The van der Waals surface area contributed by atoms with Gasteiger partial charge >= 0.3 is 0 Å². The minimum absolute atomic E-state index is 0.698. The molecule has 0 saturated carbocycles.